The second-order valence-corrected chi connectivity index (χ2v) is 5.30. The van der Waals surface area contributed by atoms with Crippen LogP contribution in [-0.2, 0) is 11.2 Å². The first-order chi connectivity index (χ1) is 10.7. The Morgan fingerprint density at radius 1 is 1.32 bits per heavy atom. The fourth-order valence-corrected chi connectivity index (χ4v) is 2.31. The summed E-state index contributed by atoms with van der Waals surface area (Å²) in [4.78, 5) is 19.9. The van der Waals surface area contributed by atoms with E-state index >= 15 is 0 Å². The van der Waals surface area contributed by atoms with Crippen LogP contribution in [0.15, 0.2) is 40.4 Å². The molecule has 0 aliphatic rings. The molecular formula is C14H11FN4O2S. The zero-order valence-corrected chi connectivity index (χ0v) is 12.1. The Morgan fingerprint density at radius 3 is 2.86 bits per heavy atom. The van der Waals surface area contributed by atoms with Crippen molar-refractivity contribution in [2.24, 2.45) is 0 Å². The summed E-state index contributed by atoms with van der Waals surface area (Å²) < 4.78 is 17.9. The van der Waals surface area contributed by atoms with Crippen molar-refractivity contribution in [1.82, 2.24) is 15.1 Å². The lowest BCUT2D eigenvalue weighted by atomic mass is 10.2. The van der Waals surface area contributed by atoms with E-state index in [9.17, 15) is 9.18 Å². The molecule has 1 amide bonds. The molecule has 0 fully saturated rings. The topological polar surface area (TPSA) is 80.9 Å². The number of benzene rings is 1. The van der Waals surface area contributed by atoms with Crippen molar-refractivity contribution in [2.45, 2.75) is 12.8 Å². The minimum absolute atomic E-state index is 0.170. The number of rotatable bonds is 5. The summed E-state index contributed by atoms with van der Waals surface area (Å²) in [7, 11) is 0. The fourth-order valence-electron chi connectivity index (χ4n) is 1.76. The summed E-state index contributed by atoms with van der Waals surface area (Å²) in [6, 6.07) is 5.79. The smallest absolute Gasteiger partial charge is 0.227 e. The lowest BCUT2D eigenvalue weighted by molar-refractivity contribution is -0.116. The molecule has 0 bridgehead atoms. The first-order valence-electron chi connectivity index (χ1n) is 6.48. The van der Waals surface area contributed by atoms with Crippen LogP contribution in [0.2, 0.25) is 0 Å². The number of nitrogens with one attached hydrogen (secondary N) is 1. The summed E-state index contributed by atoms with van der Waals surface area (Å²) in [6.45, 7) is 0. The molecular weight excluding hydrogens is 307 g/mol. The Hall–Kier alpha value is -2.61. The normalized spacial score (nSPS) is 10.6. The summed E-state index contributed by atoms with van der Waals surface area (Å²) in [5.74, 6) is 0.228. The Morgan fingerprint density at radius 2 is 2.14 bits per heavy atom. The number of aromatic nitrogens is 3. The van der Waals surface area contributed by atoms with Crippen LogP contribution in [-0.4, -0.2) is 21.0 Å². The van der Waals surface area contributed by atoms with E-state index in [1.165, 1.54) is 23.5 Å². The summed E-state index contributed by atoms with van der Waals surface area (Å²) >= 11 is 1.35. The monoisotopic (exact) mass is 318 g/mol. The van der Waals surface area contributed by atoms with E-state index in [1.54, 1.807) is 23.7 Å². The molecule has 2 heterocycles. The van der Waals surface area contributed by atoms with Crippen LogP contribution >= 0.6 is 11.3 Å². The number of hydrogen-bond donors (Lipinski definition) is 1. The van der Waals surface area contributed by atoms with Gasteiger partial charge in [0.1, 0.15) is 5.82 Å². The van der Waals surface area contributed by atoms with Crippen LogP contribution in [0.5, 0.6) is 0 Å². The predicted octanol–water partition coefficient (Wildman–Crippen LogP) is 2.90. The Labute approximate surface area is 129 Å². The van der Waals surface area contributed by atoms with Gasteiger partial charge >= 0.3 is 0 Å². The largest absolute Gasteiger partial charge is 0.339 e. The van der Waals surface area contributed by atoms with Crippen molar-refractivity contribution < 1.29 is 13.7 Å². The highest BCUT2D eigenvalue weighted by atomic mass is 32.1. The maximum atomic E-state index is 12.9. The molecule has 0 atom stereocenters. The van der Waals surface area contributed by atoms with Gasteiger partial charge in [-0.1, -0.05) is 5.16 Å². The summed E-state index contributed by atoms with van der Waals surface area (Å²) in [6.07, 6.45) is 2.16. The molecule has 0 aliphatic heterocycles. The van der Waals surface area contributed by atoms with E-state index in [0.29, 0.717) is 28.8 Å². The van der Waals surface area contributed by atoms with Gasteiger partial charge in [-0.2, -0.15) is 4.98 Å². The van der Waals surface area contributed by atoms with Gasteiger partial charge in [0.25, 0.3) is 0 Å². The Balaban J connectivity index is 1.57. The third-order valence-corrected chi connectivity index (χ3v) is 3.50. The van der Waals surface area contributed by atoms with E-state index in [-0.39, 0.29) is 18.1 Å². The number of anilines is 1. The first-order valence-corrected chi connectivity index (χ1v) is 7.36. The number of nitrogens with zero attached hydrogens (tertiary/aromatic N) is 3. The Kier molecular flexibility index (Phi) is 4.19. The highest BCUT2D eigenvalue weighted by Crippen LogP contribution is 2.17. The average molecular weight is 318 g/mol. The van der Waals surface area contributed by atoms with E-state index in [1.807, 2.05) is 0 Å². The zero-order valence-electron chi connectivity index (χ0n) is 11.3. The minimum atomic E-state index is -0.327. The van der Waals surface area contributed by atoms with Gasteiger partial charge in [0.2, 0.25) is 17.6 Å². The van der Waals surface area contributed by atoms with Crippen molar-refractivity contribution in [2.75, 3.05) is 5.32 Å². The molecule has 0 radical (unpaired) electrons. The molecule has 6 nitrogen and oxygen atoms in total. The third-order valence-electron chi connectivity index (χ3n) is 2.82. The molecule has 3 aromatic rings. The highest BCUT2D eigenvalue weighted by molar-refractivity contribution is 7.13. The fraction of sp³-hybridized carbons (Fsp3) is 0.143. The molecule has 0 saturated heterocycles. The maximum Gasteiger partial charge on any atom is 0.227 e. The van der Waals surface area contributed by atoms with Gasteiger partial charge in [-0.25, -0.2) is 9.37 Å². The van der Waals surface area contributed by atoms with Gasteiger partial charge in [-0.05, 0) is 24.3 Å². The number of hydrogen-bond acceptors (Lipinski definition) is 6. The highest BCUT2D eigenvalue weighted by Gasteiger charge is 2.11. The van der Waals surface area contributed by atoms with Crippen LogP contribution < -0.4 is 5.32 Å². The van der Waals surface area contributed by atoms with Crippen molar-refractivity contribution >= 4 is 22.4 Å². The number of thiazole rings is 1. The number of carbonyl (C=O) groups excluding carboxylic acids is 1. The summed E-state index contributed by atoms with van der Waals surface area (Å²) in [5.41, 5.74) is 0.656. The molecule has 0 unspecified atom stereocenters. The van der Waals surface area contributed by atoms with Crippen molar-refractivity contribution in [3.8, 4) is 11.4 Å². The van der Waals surface area contributed by atoms with E-state index in [2.05, 4.69) is 20.4 Å². The lowest BCUT2D eigenvalue weighted by Crippen LogP contribution is -2.12. The molecule has 112 valence electrons. The second kappa shape index (κ2) is 6.44. The number of aryl methyl sites for hydroxylation is 1. The second-order valence-electron chi connectivity index (χ2n) is 4.40. The van der Waals surface area contributed by atoms with Gasteiger partial charge in [0, 0.05) is 30.0 Å². The molecule has 0 spiro atoms. The maximum absolute atomic E-state index is 12.9. The predicted molar refractivity (Wildman–Crippen MR) is 78.8 cm³/mol. The molecule has 2 aromatic heterocycles. The van der Waals surface area contributed by atoms with E-state index < -0.39 is 0 Å². The minimum Gasteiger partial charge on any atom is -0.339 e. The quantitative estimate of drug-likeness (QED) is 0.782. The number of amides is 1. The number of carbonyl (C=O) groups is 1. The van der Waals surface area contributed by atoms with Crippen molar-refractivity contribution in [1.29, 1.82) is 0 Å². The standard InChI is InChI=1S/C14H11FN4O2S/c15-10-3-1-9(2-4-10)13-18-12(21-19-13)6-5-11(20)17-14-16-7-8-22-14/h1-4,7-8H,5-6H2,(H,16,17,20). The molecule has 8 heteroatoms. The van der Waals surface area contributed by atoms with Gasteiger partial charge in [-0.3, -0.25) is 4.79 Å². The molecule has 1 N–H and O–H groups in total. The van der Waals surface area contributed by atoms with Gasteiger partial charge in [0.05, 0.1) is 0 Å². The molecule has 0 saturated carbocycles. The molecule has 0 aliphatic carbocycles. The number of halogens is 1. The van der Waals surface area contributed by atoms with Gasteiger partial charge < -0.3 is 9.84 Å². The Bertz CT molecular complexity index is 756. The van der Waals surface area contributed by atoms with Crippen molar-refractivity contribution in [3.05, 3.63) is 47.6 Å². The average Bonchev–Trinajstić information content (AvgIpc) is 3.17. The third kappa shape index (κ3) is 3.53. The van der Waals surface area contributed by atoms with Crippen LogP contribution in [0.3, 0.4) is 0 Å². The molecule has 1 aromatic carbocycles. The lowest BCUT2D eigenvalue weighted by Gasteiger charge is -1.98. The van der Waals surface area contributed by atoms with Crippen LogP contribution in [0.1, 0.15) is 12.3 Å². The molecule has 22 heavy (non-hydrogen) atoms. The van der Waals surface area contributed by atoms with Crippen molar-refractivity contribution in [3.63, 3.8) is 0 Å². The molecule has 3 rings (SSSR count). The van der Waals surface area contributed by atoms with Gasteiger partial charge in [0.15, 0.2) is 5.13 Å². The SMILES string of the molecule is O=C(CCc1nc(-c2ccc(F)cc2)no1)Nc1nccs1. The van der Waals surface area contributed by atoms with Gasteiger partial charge in [-0.15, -0.1) is 11.3 Å². The van der Waals surface area contributed by atoms with Crippen LogP contribution in [0.4, 0.5) is 9.52 Å². The zero-order chi connectivity index (χ0) is 15.4. The van der Waals surface area contributed by atoms with E-state index in [0.717, 1.165) is 0 Å². The van der Waals surface area contributed by atoms with Crippen LogP contribution in [0.25, 0.3) is 11.4 Å². The summed E-state index contributed by atoms with van der Waals surface area (Å²) in [5, 5.41) is 8.83. The first kappa shape index (κ1) is 14.3. The van der Waals surface area contributed by atoms with E-state index in [4.69, 9.17) is 4.52 Å². The van der Waals surface area contributed by atoms with Crippen LogP contribution in [0, 0.1) is 5.82 Å².